The van der Waals surface area contributed by atoms with Crippen LogP contribution in [0.5, 0.6) is 0 Å². The highest BCUT2D eigenvalue weighted by molar-refractivity contribution is 5.83. The Morgan fingerprint density at radius 1 is 1.25 bits per heavy atom. The molecule has 0 saturated heterocycles. The van der Waals surface area contributed by atoms with Gasteiger partial charge in [0.25, 0.3) is 0 Å². The third-order valence-corrected chi connectivity index (χ3v) is 5.64. The Morgan fingerprint density at radius 3 is 2.30 bits per heavy atom. The van der Waals surface area contributed by atoms with E-state index in [0.717, 1.165) is 37.0 Å². The maximum Gasteiger partial charge on any atom is 0.226 e. The van der Waals surface area contributed by atoms with E-state index in [1.54, 1.807) is 7.11 Å². The first-order chi connectivity index (χ1) is 9.61. The van der Waals surface area contributed by atoms with Crippen molar-refractivity contribution in [2.24, 2.45) is 23.2 Å². The van der Waals surface area contributed by atoms with Crippen LogP contribution in [0, 0.1) is 23.2 Å². The summed E-state index contributed by atoms with van der Waals surface area (Å²) in [4.78, 5) is 12.6. The second-order valence-electron chi connectivity index (χ2n) is 7.35. The number of hydrogen-bond donors (Lipinski definition) is 2. The number of aliphatic hydroxyl groups is 1. The summed E-state index contributed by atoms with van der Waals surface area (Å²) in [6, 6.07) is 0. The molecule has 0 heterocycles. The van der Waals surface area contributed by atoms with Crippen molar-refractivity contribution in [3.05, 3.63) is 0 Å². The Labute approximate surface area is 121 Å². The van der Waals surface area contributed by atoms with Crippen molar-refractivity contribution >= 4 is 5.91 Å². The van der Waals surface area contributed by atoms with Crippen molar-refractivity contribution in [1.29, 1.82) is 0 Å². The average Bonchev–Trinajstić information content (AvgIpc) is 2.37. The maximum absolute atomic E-state index is 12.6. The Hall–Kier alpha value is -0.610. The van der Waals surface area contributed by atoms with E-state index >= 15 is 0 Å². The molecule has 4 aliphatic carbocycles. The van der Waals surface area contributed by atoms with Crippen molar-refractivity contribution in [1.82, 2.24) is 5.32 Å². The molecule has 0 aromatic heterocycles. The first kappa shape index (κ1) is 14.3. The van der Waals surface area contributed by atoms with Gasteiger partial charge in [-0.25, -0.2) is 0 Å². The lowest BCUT2D eigenvalue weighted by Crippen LogP contribution is -2.53. The molecule has 1 unspecified atom stereocenters. The van der Waals surface area contributed by atoms with E-state index in [1.165, 1.54) is 19.3 Å². The fraction of sp³-hybridized carbons (Fsp3) is 0.938. The second kappa shape index (κ2) is 5.64. The SMILES string of the molecule is COCC(O)CCNC(=O)C12CC3CC(CC(C3)C1)C2. The molecule has 0 radical (unpaired) electrons. The van der Waals surface area contributed by atoms with Crippen molar-refractivity contribution in [3.63, 3.8) is 0 Å². The van der Waals surface area contributed by atoms with E-state index in [-0.39, 0.29) is 11.3 Å². The largest absolute Gasteiger partial charge is 0.391 e. The molecule has 4 saturated carbocycles. The van der Waals surface area contributed by atoms with Gasteiger partial charge in [0.1, 0.15) is 0 Å². The number of ether oxygens (including phenoxy) is 1. The molecule has 0 aromatic rings. The maximum atomic E-state index is 12.6. The van der Waals surface area contributed by atoms with Crippen molar-refractivity contribution in [3.8, 4) is 0 Å². The zero-order chi connectivity index (χ0) is 14.2. The number of methoxy groups -OCH3 is 1. The van der Waals surface area contributed by atoms with Crippen LogP contribution in [0.15, 0.2) is 0 Å². The van der Waals surface area contributed by atoms with E-state index in [4.69, 9.17) is 4.74 Å². The lowest BCUT2D eigenvalue weighted by Gasteiger charge is -2.55. The number of hydrogen-bond acceptors (Lipinski definition) is 3. The first-order valence-corrected chi connectivity index (χ1v) is 8.06. The van der Waals surface area contributed by atoms with Gasteiger partial charge < -0.3 is 15.2 Å². The van der Waals surface area contributed by atoms with Crippen LogP contribution in [0.4, 0.5) is 0 Å². The van der Waals surface area contributed by atoms with Crippen LogP contribution in [-0.4, -0.2) is 37.4 Å². The van der Waals surface area contributed by atoms with Gasteiger partial charge in [-0.2, -0.15) is 0 Å². The summed E-state index contributed by atoms with van der Waals surface area (Å²) in [5.74, 6) is 2.64. The minimum Gasteiger partial charge on any atom is -0.391 e. The highest BCUT2D eigenvalue weighted by Gasteiger charge is 2.54. The molecule has 4 bridgehead atoms. The standard InChI is InChI=1S/C16H27NO3/c1-20-10-14(18)2-3-17-15(19)16-7-11-4-12(8-16)6-13(5-11)9-16/h11-14,18H,2-10H2,1H3,(H,17,19). The molecule has 2 N–H and O–H groups in total. The van der Waals surface area contributed by atoms with Crippen LogP contribution in [-0.2, 0) is 9.53 Å². The zero-order valence-electron chi connectivity index (χ0n) is 12.4. The lowest BCUT2D eigenvalue weighted by atomic mass is 9.49. The Morgan fingerprint density at radius 2 is 1.80 bits per heavy atom. The summed E-state index contributed by atoms with van der Waals surface area (Å²) in [6.45, 7) is 0.901. The Kier molecular flexibility index (Phi) is 4.04. The summed E-state index contributed by atoms with van der Waals surface area (Å²) >= 11 is 0. The normalized spacial score (nSPS) is 39.8. The van der Waals surface area contributed by atoms with Crippen LogP contribution in [0.1, 0.15) is 44.9 Å². The predicted octanol–water partition coefficient (Wildman–Crippen LogP) is 1.72. The van der Waals surface area contributed by atoms with Gasteiger partial charge in [0.2, 0.25) is 5.91 Å². The fourth-order valence-corrected chi connectivity index (χ4v) is 5.20. The molecule has 4 nitrogen and oxygen atoms in total. The Balaban J connectivity index is 1.52. The number of amides is 1. The summed E-state index contributed by atoms with van der Waals surface area (Å²) in [5.41, 5.74) is -0.0685. The molecule has 0 aliphatic heterocycles. The van der Waals surface area contributed by atoms with Gasteiger partial charge in [0, 0.05) is 19.1 Å². The number of carbonyl (C=O) groups excluding carboxylic acids is 1. The molecular weight excluding hydrogens is 254 g/mol. The van der Waals surface area contributed by atoms with Gasteiger partial charge >= 0.3 is 0 Å². The number of nitrogens with one attached hydrogen (secondary N) is 1. The lowest BCUT2D eigenvalue weighted by molar-refractivity contribution is -0.146. The van der Waals surface area contributed by atoms with Gasteiger partial charge in [-0.3, -0.25) is 4.79 Å². The summed E-state index contributed by atoms with van der Waals surface area (Å²) in [7, 11) is 1.58. The van der Waals surface area contributed by atoms with Gasteiger partial charge in [-0.1, -0.05) is 0 Å². The zero-order valence-corrected chi connectivity index (χ0v) is 12.4. The van der Waals surface area contributed by atoms with E-state index in [0.29, 0.717) is 19.6 Å². The summed E-state index contributed by atoms with van der Waals surface area (Å²) < 4.78 is 4.90. The van der Waals surface area contributed by atoms with Crippen molar-refractivity contribution < 1.29 is 14.6 Å². The molecule has 4 heteroatoms. The molecule has 0 spiro atoms. The van der Waals surface area contributed by atoms with Crippen LogP contribution >= 0.6 is 0 Å². The minimum absolute atomic E-state index is 0.0685. The fourth-order valence-electron chi connectivity index (χ4n) is 5.20. The number of carbonyl (C=O) groups is 1. The minimum atomic E-state index is -0.475. The number of aliphatic hydroxyl groups excluding tert-OH is 1. The molecule has 20 heavy (non-hydrogen) atoms. The molecule has 1 atom stereocenters. The highest BCUT2D eigenvalue weighted by atomic mass is 16.5. The first-order valence-electron chi connectivity index (χ1n) is 8.06. The monoisotopic (exact) mass is 281 g/mol. The van der Waals surface area contributed by atoms with E-state index in [9.17, 15) is 9.90 Å². The molecule has 0 aromatic carbocycles. The molecule has 4 aliphatic rings. The average molecular weight is 281 g/mol. The van der Waals surface area contributed by atoms with Gasteiger partial charge in [-0.15, -0.1) is 0 Å². The predicted molar refractivity (Wildman–Crippen MR) is 76.1 cm³/mol. The van der Waals surface area contributed by atoms with Crippen LogP contribution in [0.2, 0.25) is 0 Å². The van der Waals surface area contributed by atoms with Crippen molar-refractivity contribution in [2.75, 3.05) is 20.3 Å². The second-order valence-corrected chi connectivity index (χ2v) is 7.35. The van der Waals surface area contributed by atoms with Crippen LogP contribution < -0.4 is 5.32 Å². The van der Waals surface area contributed by atoms with Gasteiger partial charge in [0.05, 0.1) is 12.7 Å². The topological polar surface area (TPSA) is 58.6 Å². The van der Waals surface area contributed by atoms with Crippen LogP contribution in [0.25, 0.3) is 0 Å². The third kappa shape index (κ3) is 2.73. The number of rotatable bonds is 6. The smallest absolute Gasteiger partial charge is 0.226 e. The van der Waals surface area contributed by atoms with E-state index < -0.39 is 6.10 Å². The van der Waals surface area contributed by atoms with Crippen molar-refractivity contribution in [2.45, 2.75) is 51.0 Å². The quantitative estimate of drug-likeness (QED) is 0.779. The summed E-state index contributed by atoms with van der Waals surface area (Å²) in [6.07, 6.45) is 7.49. The third-order valence-electron chi connectivity index (χ3n) is 5.64. The highest BCUT2D eigenvalue weighted by Crippen LogP contribution is 2.60. The molecular formula is C16H27NO3. The molecule has 114 valence electrons. The van der Waals surface area contributed by atoms with Crippen LogP contribution in [0.3, 0.4) is 0 Å². The van der Waals surface area contributed by atoms with Gasteiger partial charge in [-0.05, 0) is 62.7 Å². The van der Waals surface area contributed by atoms with Gasteiger partial charge in [0.15, 0.2) is 0 Å². The summed E-state index contributed by atoms with van der Waals surface area (Å²) in [5, 5.41) is 12.7. The Bertz CT molecular complexity index is 333. The molecule has 4 rings (SSSR count). The van der Waals surface area contributed by atoms with E-state index in [2.05, 4.69) is 5.32 Å². The molecule has 1 amide bonds. The van der Waals surface area contributed by atoms with E-state index in [1.807, 2.05) is 0 Å². The molecule has 4 fully saturated rings.